The third-order valence-electron chi connectivity index (χ3n) is 4.03. The Morgan fingerprint density at radius 3 is 2.83 bits per heavy atom. The van der Waals surface area contributed by atoms with Gasteiger partial charge in [-0.3, -0.25) is 4.98 Å². The van der Waals surface area contributed by atoms with E-state index in [9.17, 15) is 9.65 Å². The molecule has 23 heavy (non-hydrogen) atoms. The van der Waals surface area contributed by atoms with E-state index in [0.29, 0.717) is 48.3 Å². The first-order valence-corrected chi connectivity index (χ1v) is 7.53. The highest BCUT2D eigenvalue weighted by Crippen LogP contribution is 2.29. The average Bonchev–Trinajstić information content (AvgIpc) is 2.94. The van der Waals surface area contributed by atoms with Crippen molar-refractivity contribution >= 4 is 16.6 Å². The Labute approximate surface area is 134 Å². The lowest BCUT2D eigenvalue weighted by Crippen LogP contribution is -2.28. The van der Waals surface area contributed by atoms with Crippen molar-refractivity contribution < 1.29 is 13.9 Å². The highest BCUT2D eigenvalue weighted by atomic mass is 19.1. The molecule has 2 heterocycles. The van der Waals surface area contributed by atoms with Crippen molar-refractivity contribution in [2.45, 2.75) is 26.1 Å². The van der Waals surface area contributed by atoms with E-state index in [1.54, 1.807) is 6.92 Å². The topological polar surface area (TPSA) is 67.2 Å². The Bertz CT molecular complexity index is 779. The predicted molar refractivity (Wildman–Crippen MR) is 84.6 cm³/mol. The van der Waals surface area contributed by atoms with Crippen molar-refractivity contribution in [2.75, 3.05) is 25.1 Å². The van der Waals surface area contributed by atoms with Gasteiger partial charge in [-0.25, -0.2) is 4.39 Å². The molecule has 1 aromatic carbocycles. The predicted octanol–water partition coefficient (Wildman–Crippen LogP) is 3.12. The standard InChI is InChI=1S/C17H18FN3O2/c1-11-7-13(18)8-14-15(11)21-10-12(9-19)16(14)20-4-3-17(2)22-5-6-23-17/h7-8,10H,3-6H2,1-2H3,(H,20,21). The summed E-state index contributed by atoms with van der Waals surface area (Å²) < 4.78 is 24.9. The molecule has 1 fully saturated rings. The average molecular weight is 315 g/mol. The van der Waals surface area contributed by atoms with Crippen molar-refractivity contribution in [3.8, 4) is 6.07 Å². The summed E-state index contributed by atoms with van der Waals surface area (Å²) in [6, 6.07) is 4.95. The van der Waals surface area contributed by atoms with Gasteiger partial charge in [-0.15, -0.1) is 0 Å². The first kappa shape index (κ1) is 15.7. The van der Waals surface area contributed by atoms with Gasteiger partial charge in [0.1, 0.15) is 11.9 Å². The van der Waals surface area contributed by atoms with Crippen molar-refractivity contribution in [1.82, 2.24) is 4.98 Å². The van der Waals surface area contributed by atoms with Gasteiger partial charge in [-0.1, -0.05) is 0 Å². The van der Waals surface area contributed by atoms with Crippen LogP contribution in [0.15, 0.2) is 18.3 Å². The molecule has 5 nitrogen and oxygen atoms in total. The summed E-state index contributed by atoms with van der Waals surface area (Å²) >= 11 is 0. The molecule has 0 saturated carbocycles. The first-order valence-electron chi connectivity index (χ1n) is 7.53. The Morgan fingerprint density at radius 2 is 2.13 bits per heavy atom. The van der Waals surface area contributed by atoms with Crippen LogP contribution < -0.4 is 5.32 Å². The van der Waals surface area contributed by atoms with E-state index in [4.69, 9.17) is 9.47 Å². The Morgan fingerprint density at radius 1 is 1.39 bits per heavy atom. The Kier molecular flexibility index (Phi) is 4.16. The van der Waals surface area contributed by atoms with Crippen molar-refractivity contribution in [3.05, 3.63) is 35.3 Å². The number of aryl methyl sites for hydroxylation is 1. The van der Waals surface area contributed by atoms with Gasteiger partial charge < -0.3 is 14.8 Å². The van der Waals surface area contributed by atoms with Gasteiger partial charge >= 0.3 is 0 Å². The molecule has 1 aromatic heterocycles. The maximum absolute atomic E-state index is 13.8. The van der Waals surface area contributed by atoms with Gasteiger partial charge in [-0.2, -0.15) is 5.26 Å². The molecule has 0 radical (unpaired) electrons. The van der Waals surface area contributed by atoms with E-state index in [1.807, 2.05) is 6.92 Å². The number of nitrogens with zero attached hydrogens (tertiary/aromatic N) is 2. The van der Waals surface area contributed by atoms with Gasteiger partial charge in [0.15, 0.2) is 5.79 Å². The van der Waals surface area contributed by atoms with E-state index in [2.05, 4.69) is 16.4 Å². The van der Waals surface area contributed by atoms with Crippen LogP contribution in [0.25, 0.3) is 10.9 Å². The Hall–Kier alpha value is -2.23. The maximum atomic E-state index is 13.8. The Balaban J connectivity index is 1.90. The number of rotatable bonds is 4. The van der Waals surface area contributed by atoms with Gasteiger partial charge in [0.25, 0.3) is 0 Å². The number of pyridine rings is 1. The summed E-state index contributed by atoms with van der Waals surface area (Å²) in [6.07, 6.45) is 2.13. The molecule has 0 aliphatic carbocycles. The van der Waals surface area contributed by atoms with Crippen LogP contribution in [0.1, 0.15) is 24.5 Å². The number of ether oxygens (including phenoxy) is 2. The molecule has 0 amide bonds. The van der Waals surface area contributed by atoms with E-state index >= 15 is 0 Å². The fourth-order valence-electron chi connectivity index (χ4n) is 2.83. The number of benzene rings is 1. The van der Waals surface area contributed by atoms with Crippen LogP contribution in [0.2, 0.25) is 0 Å². The van der Waals surface area contributed by atoms with E-state index in [-0.39, 0.29) is 5.82 Å². The second kappa shape index (κ2) is 6.11. The SMILES string of the molecule is Cc1cc(F)cc2c(NCCC3(C)OCCO3)c(C#N)cnc12. The molecule has 1 saturated heterocycles. The van der Waals surface area contributed by atoms with E-state index < -0.39 is 5.79 Å². The van der Waals surface area contributed by atoms with E-state index in [1.165, 1.54) is 18.3 Å². The molecular formula is C17H18FN3O2. The smallest absolute Gasteiger partial charge is 0.167 e. The second-order valence-corrected chi connectivity index (χ2v) is 5.79. The van der Waals surface area contributed by atoms with Crippen molar-refractivity contribution in [2.24, 2.45) is 0 Å². The lowest BCUT2D eigenvalue weighted by molar-refractivity contribution is -0.144. The number of nitrogens with one attached hydrogen (secondary N) is 1. The number of halogens is 1. The molecule has 0 spiro atoms. The number of fused-ring (bicyclic) bond motifs is 1. The van der Waals surface area contributed by atoms with Crippen LogP contribution in [0.4, 0.5) is 10.1 Å². The molecule has 0 atom stereocenters. The zero-order chi connectivity index (χ0) is 16.4. The number of anilines is 1. The highest BCUT2D eigenvalue weighted by molar-refractivity contribution is 5.95. The minimum atomic E-state index is -0.607. The number of nitriles is 1. The van der Waals surface area contributed by atoms with Crippen LogP contribution in [-0.2, 0) is 9.47 Å². The number of hydrogen-bond acceptors (Lipinski definition) is 5. The summed E-state index contributed by atoms with van der Waals surface area (Å²) in [5.41, 5.74) is 2.41. The summed E-state index contributed by atoms with van der Waals surface area (Å²) in [5.74, 6) is -0.951. The molecule has 2 aromatic rings. The van der Waals surface area contributed by atoms with Gasteiger partial charge in [-0.05, 0) is 31.5 Å². The minimum absolute atomic E-state index is 0.343. The van der Waals surface area contributed by atoms with Gasteiger partial charge in [0, 0.05) is 24.5 Å². The van der Waals surface area contributed by atoms with Crippen LogP contribution in [-0.4, -0.2) is 30.5 Å². The quantitative estimate of drug-likeness (QED) is 0.939. The molecule has 1 N–H and O–H groups in total. The molecule has 0 unspecified atom stereocenters. The normalized spacial score (nSPS) is 16.4. The van der Waals surface area contributed by atoms with Crippen LogP contribution in [0, 0.1) is 24.1 Å². The third kappa shape index (κ3) is 3.11. The molecule has 120 valence electrons. The zero-order valence-electron chi connectivity index (χ0n) is 13.1. The fraction of sp³-hybridized carbons (Fsp3) is 0.412. The van der Waals surface area contributed by atoms with Crippen LogP contribution in [0.3, 0.4) is 0 Å². The first-order chi connectivity index (χ1) is 11.0. The summed E-state index contributed by atoms with van der Waals surface area (Å²) in [6.45, 7) is 5.40. The molecular weight excluding hydrogens is 297 g/mol. The molecule has 0 bridgehead atoms. The summed E-state index contributed by atoms with van der Waals surface area (Å²) in [5, 5.41) is 13.1. The second-order valence-electron chi connectivity index (χ2n) is 5.79. The summed E-state index contributed by atoms with van der Waals surface area (Å²) in [4.78, 5) is 4.27. The van der Waals surface area contributed by atoms with Crippen molar-refractivity contribution in [3.63, 3.8) is 0 Å². The van der Waals surface area contributed by atoms with Crippen LogP contribution in [0.5, 0.6) is 0 Å². The highest BCUT2D eigenvalue weighted by Gasteiger charge is 2.30. The van der Waals surface area contributed by atoms with Gasteiger partial charge in [0.2, 0.25) is 0 Å². The maximum Gasteiger partial charge on any atom is 0.167 e. The largest absolute Gasteiger partial charge is 0.383 e. The molecule has 6 heteroatoms. The third-order valence-corrected chi connectivity index (χ3v) is 4.03. The molecule has 1 aliphatic heterocycles. The fourth-order valence-corrected chi connectivity index (χ4v) is 2.83. The molecule has 1 aliphatic rings. The van der Waals surface area contributed by atoms with Crippen LogP contribution >= 0.6 is 0 Å². The summed E-state index contributed by atoms with van der Waals surface area (Å²) in [7, 11) is 0. The lowest BCUT2D eigenvalue weighted by atomic mass is 10.1. The number of aromatic nitrogens is 1. The van der Waals surface area contributed by atoms with E-state index in [0.717, 1.165) is 5.56 Å². The minimum Gasteiger partial charge on any atom is -0.383 e. The lowest BCUT2D eigenvalue weighted by Gasteiger charge is -2.23. The van der Waals surface area contributed by atoms with Crippen molar-refractivity contribution in [1.29, 1.82) is 5.26 Å². The van der Waals surface area contributed by atoms with Gasteiger partial charge in [0.05, 0.1) is 30.0 Å². The monoisotopic (exact) mass is 315 g/mol. The molecule has 3 rings (SSSR count). The number of hydrogen-bond donors (Lipinski definition) is 1. The zero-order valence-corrected chi connectivity index (χ0v) is 13.1.